The lowest BCUT2D eigenvalue weighted by Gasteiger charge is -2.11. The maximum absolute atomic E-state index is 5.33. The van der Waals surface area contributed by atoms with Gasteiger partial charge in [0.25, 0.3) is 0 Å². The summed E-state index contributed by atoms with van der Waals surface area (Å²) < 4.78 is 0. The van der Waals surface area contributed by atoms with Gasteiger partial charge in [-0.25, -0.2) is 0 Å². The average Bonchev–Trinajstić information content (AvgIpc) is 3.05. The van der Waals surface area contributed by atoms with Gasteiger partial charge in [0.05, 0.1) is 0 Å². The third-order valence-corrected chi connectivity index (χ3v) is 4.76. The number of anilines is 2. The molecule has 0 aliphatic carbocycles. The monoisotopic (exact) mass is 354 g/mol. The number of nitrogens with zero attached hydrogens (tertiary/aromatic N) is 2. The summed E-state index contributed by atoms with van der Waals surface area (Å²) in [5.74, 6) is 0.259. The lowest BCUT2D eigenvalue weighted by atomic mass is 9.97. The van der Waals surface area contributed by atoms with Crippen LogP contribution in [-0.2, 0) is 0 Å². The lowest BCUT2D eigenvalue weighted by molar-refractivity contribution is 0.755. The zero-order valence-electron chi connectivity index (χ0n) is 13.3. The molecule has 0 saturated carbocycles. The predicted octanol–water partition coefficient (Wildman–Crippen LogP) is 4.89. The van der Waals surface area contributed by atoms with E-state index < -0.39 is 0 Å². The Hall–Kier alpha value is -2.31. The fraction of sp³-hybridized carbons (Fsp3) is 0.167. The first-order chi connectivity index (χ1) is 11.8. The summed E-state index contributed by atoms with van der Waals surface area (Å²) in [6, 6.07) is 20.2. The number of rotatable bonds is 5. The van der Waals surface area contributed by atoms with Gasteiger partial charge in [-0.3, -0.25) is 0 Å². The first kappa shape index (κ1) is 16.5. The second kappa shape index (κ2) is 7.99. The van der Waals surface area contributed by atoms with Gasteiger partial charge in [0.1, 0.15) is 5.01 Å². The number of para-hydroxylation sites is 1. The van der Waals surface area contributed by atoms with Crippen molar-refractivity contribution in [3.63, 3.8) is 0 Å². The highest BCUT2D eigenvalue weighted by molar-refractivity contribution is 7.80. The number of hydrogen-bond acceptors (Lipinski definition) is 4. The Labute approximate surface area is 151 Å². The van der Waals surface area contributed by atoms with Crippen molar-refractivity contribution < 1.29 is 0 Å². The van der Waals surface area contributed by atoms with Crippen molar-refractivity contribution in [2.45, 2.75) is 19.3 Å². The van der Waals surface area contributed by atoms with Crippen LogP contribution in [0, 0.1) is 0 Å². The van der Waals surface area contributed by atoms with Gasteiger partial charge in [-0.2, -0.15) is 0 Å². The standard InChI is InChI=1S/C18H18N4S2/c1-2-15(13-9-5-3-6-10-13)16-21-22-18(24-16)20-17(23)19-14-11-7-4-8-12-14/h3-12,15H,2H2,1H3,(H2,19,20,22,23). The van der Waals surface area contributed by atoms with E-state index in [9.17, 15) is 0 Å². The van der Waals surface area contributed by atoms with Gasteiger partial charge in [0.15, 0.2) is 5.11 Å². The minimum atomic E-state index is 0.259. The summed E-state index contributed by atoms with van der Waals surface area (Å²) in [5, 5.41) is 17.0. The molecule has 2 N–H and O–H groups in total. The highest BCUT2D eigenvalue weighted by Crippen LogP contribution is 2.31. The topological polar surface area (TPSA) is 49.8 Å². The van der Waals surface area contributed by atoms with Crippen LogP contribution in [0.25, 0.3) is 0 Å². The van der Waals surface area contributed by atoms with Crippen LogP contribution in [0.1, 0.15) is 29.8 Å². The molecular formula is C18H18N4S2. The molecule has 0 amide bonds. The van der Waals surface area contributed by atoms with E-state index in [1.165, 1.54) is 16.9 Å². The third-order valence-electron chi connectivity index (χ3n) is 3.60. The molecule has 3 aromatic rings. The maximum atomic E-state index is 5.33. The summed E-state index contributed by atoms with van der Waals surface area (Å²) in [4.78, 5) is 0. The quantitative estimate of drug-likeness (QED) is 0.639. The predicted molar refractivity (Wildman–Crippen MR) is 105 cm³/mol. The van der Waals surface area contributed by atoms with E-state index in [-0.39, 0.29) is 5.92 Å². The Bertz CT molecular complexity index is 787. The van der Waals surface area contributed by atoms with Crippen molar-refractivity contribution in [1.29, 1.82) is 0 Å². The van der Waals surface area contributed by atoms with E-state index in [0.29, 0.717) is 10.2 Å². The minimum Gasteiger partial charge on any atom is -0.332 e. The molecule has 0 aliphatic rings. The third kappa shape index (κ3) is 4.15. The Balaban J connectivity index is 1.68. The Morgan fingerprint density at radius 3 is 2.33 bits per heavy atom. The number of thiocarbonyl (C=S) groups is 1. The lowest BCUT2D eigenvalue weighted by Crippen LogP contribution is -2.18. The number of aromatic nitrogens is 2. The van der Waals surface area contributed by atoms with Gasteiger partial charge in [0, 0.05) is 11.6 Å². The first-order valence-corrected chi connectivity index (χ1v) is 9.00. The van der Waals surface area contributed by atoms with Gasteiger partial charge in [0.2, 0.25) is 5.13 Å². The normalized spacial score (nSPS) is 11.7. The maximum Gasteiger partial charge on any atom is 0.211 e. The molecule has 1 atom stereocenters. The van der Waals surface area contributed by atoms with E-state index in [1.807, 2.05) is 36.4 Å². The molecule has 0 aliphatic heterocycles. The minimum absolute atomic E-state index is 0.259. The molecule has 4 nitrogen and oxygen atoms in total. The molecule has 6 heteroatoms. The van der Waals surface area contributed by atoms with Gasteiger partial charge in [-0.05, 0) is 36.3 Å². The van der Waals surface area contributed by atoms with Crippen LogP contribution in [0.15, 0.2) is 60.7 Å². The molecule has 0 bridgehead atoms. The van der Waals surface area contributed by atoms with Crippen molar-refractivity contribution >= 4 is 39.5 Å². The Kier molecular flexibility index (Phi) is 5.51. The van der Waals surface area contributed by atoms with Crippen LogP contribution in [0.5, 0.6) is 0 Å². The molecule has 0 saturated heterocycles. The molecule has 1 unspecified atom stereocenters. The highest BCUT2D eigenvalue weighted by atomic mass is 32.1. The van der Waals surface area contributed by atoms with Crippen LogP contribution in [0.4, 0.5) is 10.8 Å². The Morgan fingerprint density at radius 2 is 1.67 bits per heavy atom. The largest absolute Gasteiger partial charge is 0.332 e. The molecule has 3 rings (SSSR count). The van der Waals surface area contributed by atoms with Crippen molar-refractivity contribution in [2.24, 2.45) is 0 Å². The second-order valence-corrected chi connectivity index (χ2v) is 6.68. The van der Waals surface area contributed by atoms with Gasteiger partial charge in [-0.1, -0.05) is 66.8 Å². The van der Waals surface area contributed by atoms with Gasteiger partial charge in [-0.15, -0.1) is 10.2 Å². The summed E-state index contributed by atoms with van der Waals surface area (Å²) in [6.45, 7) is 2.16. The molecule has 1 heterocycles. The van der Waals surface area contributed by atoms with Gasteiger partial charge < -0.3 is 10.6 Å². The zero-order valence-corrected chi connectivity index (χ0v) is 14.9. The van der Waals surface area contributed by atoms with Crippen molar-refractivity contribution in [1.82, 2.24) is 10.2 Å². The van der Waals surface area contributed by atoms with E-state index in [1.54, 1.807) is 0 Å². The van der Waals surface area contributed by atoms with Crippen LogP contribution in [0.3, 0.4) is 0 Å². The van der Waals surface area contributed by atoms with Crippen LogP contribution >= 0.6 is 23.6 Å². The summed E-state index contributed by atoms with van der Waals surface area (Å²) >= 11 is 6.87. The summed E-state index contributed by atoms with van der Waals surface area (Å²) in [6.07, 6.45) is 0.978. The van der Waals surface area contributed by atoms with Crippen LogP contribution < -0.4 is 10.6 Å². The SMILES string of the molecule is CCC(c1ccccc1)c1nnc(NC(=S)Nc2ccccc2)s1. The van der Waals surface area contributed by atoms with Crippen LogP contribution in [-0.4, -0.2) is 15.3 Å². The van der Waals surface area contributed by atoms with Gasteiger partial charge >= 0.3 is 0 Å². The smallest absolute Gasteiger partial charge is 0.211 e. The van der Waals surface area contributed by atoms with E-state index in [0.717, 1.165) is 17.1 Å². The molecule has 2 aromatic carbocycles. The highest BCUT2D eigenvalue weighted by Gasteiger charge is 2.17. The van der Waals surface area contributed by atoms with E-state index >= 15 is 0 Å². The van der Waals surface area contributed by atoms with Crippen molar-refractivity contribution in [3.05, 3.63) is 71.2 Å². The number of nitrogens with one attached hydrogen (secondary N) is 2. The average molecular weight is 355 g/mol. The summed E-state index contributed by atoms with van der Waals surface area (Å²) in [5.41, 5.74) is 2.20. The molecule has 1 aromatic heterocycles. The Morgan fingerprint density at radius 1 is 1.00 bits per heavy atom. The van der Waals surface area contributed by atoms with E-state index in [2.05, 4.69) is 52.0 Å². The van der Waals surface area contributed by atoms with E-state index in [4.69, 9.17) is 12.2 Å². The molecule has 0 radical (unpaired) electrons. The first-order valence-electron chi connectivity index (χ1n) is 7.77. The molecule has 0 fully saturated rings. The molecule has 0 spiro atoms. The number of hydrogen-bond donors (Lipinski definition) is 2. The molecule has 122 valence electrons. The second-order valence-electron chi connectivity index (χ2n) is 5.26. The van der Waals surface area contributed by atoms with Crippen molar-refractivity contribution in [3.8, 4) is 0 Å². The number of benzene rings is 2. The van der Waals surface area contributed by atoms with Crippen LogP contribution in [0.2, 0.25) is 0 Å². The fourth-order valence-corrected chi connectivity index (χ4v) is 3.68. The molecule has 24 heavy (non-hydrogen) atoms. The zero-order chi connectivity index (χ0) is 16.8. The fourth-order valence-electron chi connectivity index (χ4n) is 2.45. The summed E-state index contributed by atoms with van der Waals surface area (Å²) in [7, 11) is 0. The van der Waals surface area contributed by atoms with Crippen molar-refractivity contribution in [2.75, 3.05) is 10.6 Å². The molecular weight excluding hydrogens is 336 g/mol.